The van der Waals surface area contributed by atoms with E-state index in [0.717, 1.165) is 7.05 Å². The molecule has 0 saturated carbocycles. The first kappa shape index (κ1) is 15.0. The first-order valence-electron chi connectivity index (χ1n) is 4.09. The van der Waals surface area contributed by atoms with Gasteiger partial charge in [-0.05, 0) is 0 Å². The third-order valence-electron chi connectivity index (χ3n) is 1.44. The lowest BCUT2D eigenvalue weighted by Gasteiger charge is -2.19. The Morgan fingerprint density at radius 1 is 1.12 bits per heavy atom. The Bertz CT molecular complexity index is 236. The van der Waals surface area contributed by atoms with Crippen molar-refractivity contribution in [3.05, 3.63) is 0 Å². The number of hydrogen-bond acceptors (Lipinski definition) is 2. The largest absolute Gasteiger partial charge is 0.406 e. The van der Waals surface area contributed by atoms with Gasteiger partial charge in [0.1, 0.15) is 6.54 Å². The predicted octanol–water partition coefficient (Wildman–Crippen LogP) is 1.16. The lowest BCUT2D eigenvalue weighted by atomic mass is 10.4. The normalized spacial score (nSPS) is 12.7. The van der Waals surface area contributed by atoms with Crippen molar-refractivity contribution < 1.29 is 31.1 Å². The molecular weight excluding hydrogens is 242 g/mol. The van der Waals surface area contributed by atoms with Crippen LogP contribution < -0.4 is 5.32 Å². The van der Waals surface area contributed by atoms with E-state index >= 15 is 0 Å². The highest BCUT2D eigenvalue weighted by Crippen LogP contribution is 2.15. The van der Waals surface area contributed by atoms with Gasteiger partial charge in [0.25, 0.3) is 0 Å². The quantitative estimate of drug-likeness (QED) is 0.761. The summed E-state index contributed by atoms with van der Waals surface area (Å²) in [5, 5.41) is 1.71. The summed E-state index contributed by atoms with van der Waals surface area (Å²) in [4.78, 5) is 11.2. The van der Waals surface area contributed by atoms with Crippen LogP contribution in [0.5, 0.6) is 0 Å². The topological polar surface area (TPSA) is 32.3 Å². The van der Waals surface area contributed by atoms with E-state index in [0.29, 0.717) is 4.90 Å². The molecule has 0 fully saturated rings. The van der Waals surface area contributed by atoms with Crippen LogP contribution >= 0.6 is 0 Å². The molecule has 16 heavy (non-hydrogen) atoms. The summed E-state index contributed by atoms with van der Waals surface area (Å²) in [6.45, 7) is -3.69. The van der Waals surface area contributed by atoms with Gasteiger partial charge >= 0.3 is 12.4 Å². The minimum atomic E-state index is -4.56. The van der Waals surface area contributed by atoms with E-state index in [1.54, 1.807) is 5.32 Å². The van der Waals surface area contributed by atoms with E-state index in [9.17, 15) is 31.1 Å². The van der Waals surface area contributed by atoms with Crippen LogP contribution in [0.2, 0.25) is 0 Å². The molecule has 0 aliphatic rings. The van der Waals surface area contributed by atoms with Gasteiger partial charge in [0.15, 0.2) is 0 Å². The van der Waals surface area contributed by atoms with Crippen molar-refractivity contribution in [3.8, 4) is 0 Å². The monoisotopic (exact) mass is 252 g/mol. The average Bonchev–Trinajstić information content (AvgIpc) is 1.98. The minimum absolute atomic E-state index is 0.309. The van der Waals surface area contributed by atoms with Crippen LogP contribution in [-0.2, 0) is 4.79 Å². The zero-order valence-corrected chi connectivity index (χ0v) is 8.24. The summed E-state index contributed by atoms with van der Waals surface area (Å²) in [5.74, 6) is -1.05. The van der Waals surface area contributed by atoms with Gasteiger partial charge in [0.05, 0.1) is 13.1 Å². The van der Waals surface area contributed by atoms with Crippen LogP contribution in [0.1, 0.15) is 0 Å². The SMILES string of the molecule is CN(CC(F)(F)F)C(=O)CNCC(F)(F)F. The highest BCUT2D eigenvalue weighted by atomic mass is 19.4. The first-order chi connectivity index (χ1) is 7.01. The standard InChI is InChI=1S/C7H10F6N2O/c1-15(4-7(11,12)13)5(16)2-14-3-6(8,9)10/h14H,2-4H2,1H3. The molecule has 1 N–H and O–H groups in total. The Kier molecular flexibility index (Phi) is 5.04. The molecule has 0 aromatic heterocycles. The first-order valence-corrected chi connectivity index (χ1v) is 4.09. The summed E-state index contributed by atoms with van der Waals surface area (Å²) in [7, 11) is 0.866. The van der Waals surface area contributed by atoms with Crippen LogP contribution in [-0.4, -0.2) is 49.8 Å². The molecule has 0 saturated heterocycles. The summed E-state index contributed by atoms with van der Waals surface area (Å²) >= 11 is 0. The fraction of sp³-hybridized carbons (Fsp3) is 0.857. The van der Waals surface area contributed by atoms with Crippen molar-refractivity contribution in [2.45, 2.75) is 12.4 Å². The zero-order chi connectivity index (χ0) is 13.0. The van der Waals surface area contributed by atoms with E-state index in [1.807, 2.05) is 0 Å². The van der Waals surface area contributed by atoms with Gasteiger partial charge in [0.2, 0.25) is 5.91 Å². The van der Waals surface area contributed by atoms with Gasteiger partial charge in [-0.2, -0.15) is 26.3 Å². The van der Waals surface area contributed by atoms with Crippen LogP contribution in [0.4, 0.5) is 26.3 Å². The Labute approximate surface area is 87.4 Å². The number of rotatable bonds is 4. The smallest absolute Gasteiger partial charge is 0.336 e. The van der Waals surface area contributed by atoms with E-state index < -0.39 is 37.9 Å². The Hall–Kier alpha value is -0.990. The van der Waals surface area contributed by atoms with Crippen molar-refractivity contribution in [2.24, 2.45) is 0 Å². The van der Waals surface area contributed by atoms with Crippen molar-refractivity contribution in [1.29, 1.82) is 0 Å². The van der Waals surface area contributed by atoms with Crippen LogP contribution in [0.25, 0.3) is 0 Å². The van der Waals surface area contributed by atoms with Crippen molar-refractivity contribution in [1.82, 2.24) is 10.2 Å². The molecule has 0 atom stereocenters. The molecule has 9 heteroatoms. The van der Waals surface area contributed by atoms with E-state index in [1.165, 1.54) is 0 Å². The number of hydrogen-bond donors (Lipinski definition) is 1. The molecule has 0 aromatic carbocycles. The van der Waals surface area contributed by atoms with Gasteiger partial charge in [-0.25, -0.2) is 0 Å². The molecule has 0 rings (SSSR count). The van der Waals surface area contributed by atoms with Crippen molar-refractivity contribution in [3.63, 3.8) is 0 Å². The van der Waals surface area contributed by atoms with Gasteiger partial charge in [0, 0.05) is 7.05 Å². The minimum Gasteiger partial charge on any atom is -0.336 e. The molecule has 0 aliphatic heterocycles. The number of likely N-dealkylation sites (N-methyl/N-ethyl adjacent to an activating group) is 1. The zero-order valence-electron chi connectivity index (χ0n) is 8.24. The number of halogens is 6. The maximum atomic E-state index is 11.8. The molecule has 0 aliphatic carbocycles. The van der Waals surface area contributed by atoms with Gasteiger partial charge in [-0.15, -0.1) is 0 Å². The van der Waals surface area contributed by atoms with E-state index in [4.69, 9.17) is 0 Å². The second-order valence-electron chi connectivity index (χ2n) is 3.08. The summed E-state index contributed by atoms with van der Waals surface area (Å²) in [6.07, 6.45) is -9.06. The molecule has 0 aromatic rings. The molecule has 0 unspecified atom stereocenters. The van der Waals surface area contributed by atoms with Crippen molar-refractivity contribution in [2.75, 3.05) is 26.7 Å². The molecule has 96 valence electrons. The van der Waals surface area contributed by atoms with Gasteiger partial charge in [-0.1, -0.05) is 0 Å². The predicted molar refractivity (Wildman–Crippen MR) is 42.6 cm³/mol. The molecule has 0 bridgehead atoms. The molecule has 3 nitrogen and oxygen atoms in total. The van der Waals surface area contributed by atoms with Gasteiger partial charge < -0.3 is 10.2 Å². The number of nitrogens with zero attached hydrogens (tertiary/aromatic N) is 1. The maximum Gasteiger partial charge on any atom is 0.406 e. The lowest BCUT2D eigenvalue weighted by molar-refractivity contribution is -0.158. The summed E-state index contributed by atoms with van der Waals surface area (Å²) < 4.78 is 70.2. The highest BCUT2D eigenvalue weighted by molar-refractivity contribution is 5.77. The van der Waals surface area contributed by atoms with Crippen LogP contribution in [0.3, 0.4) is 0 Å². The maximum absolute atomic E-state index is 11.8. The number of amides is 1. The summed E-state index contributed by atoms with van der Waals surface area (Å²) in [5.41, 5.74) is 0. The Balaban J connectivity index is 3.90. The number of carbonyl (C=O) groups is 1. The number of nitrogens with one attached hydrogen (secondary N) is 1. The summed E-state index contributed by atoms with van der Waals surface area (Å²) in [6, 6.07) is 0. The average molecular weight is 252 g/mol. The fourth-order valence-electron chi connectivity index (χ4n) is 0.803. The lowest BCUT2D eigenvalue weighted by Crippen LogP contribution is -2.42. The third kappa shape index (κ3) is 8.33. The molecule has 1 amide bonds. The van der Waals surface area contributed by atoms with Gasteiger partial charge in [-0.3, -0.25) is 4.79 Å². The van der Waals surface area contributed by atoms with Crippen LogP contribution in [0.15, 0.2) is 0 Å². The Morgan fingerprint density at radius 2 is 1.62 bits per heavy atom. The molecule has 0 radical (unpaired) electrons. The van der Waals surface area contributed by atoms with E-state index in [-0.39, 0.29) is 0 Å². The second kappa shape index (κ2) is 5.37. The fourth-order valence-corrected chi connectivity index (χ4v) is 0.803. The molecular formula is C7H10F6N2O. The highest BCUT2D eigenvalue weighted by Gasteiger charge is 2.31. The third-order valence-corrected chi connectivity index (χ3v) is 1.44. The number of carbonyl (C=O) groups excluding carboxylic acids is 1. The molecule has 0 spiro atoms. The molecule has 0 heterocycles. The van der Waals surface area contributed by atoms with Crippen LogP contribution in [0, 0.1) is 0 Å². The van der Waals surface area contributed by atoms with E-state index in [2.05, 4.69) is 0 Å². The second-order valence-corrected chi connectivity index (χ2v) is 3.08. The van der Waals surface area contributed by atoms with Crippen molar-refractivity contribution >= 4 is 5.91 Å². The Morgan fingerprint density at radius 3 is 2.00 bits per heavy atom. The number of alkyl halides is 6.